The first-order valence-corrected chi connectivity index (χ1v) is 16.4. The number of fused-ring (bicyclic) bond motifs is 4. The Bertz CT molecular complexity index is 1960. The molecular formula is C37H28NO4S2-. The van der Waals surface area contributed by atoms with E-state index >= 15 is 0 Å². The number of benzene rings is 5. The summed E-state index contributed by atoms with van der Waals surface area (Å²) in [5.41, 5.74) is 5.76. The third-order valence-electron chi connectivity index (χ3n) is 7.71. The van der Waals surface area contributed by atoms with Gasteiger partial charge in [0.05, 0.1) is 16.5 Å². The van der Waals surface area contributed by atoms with Crippen LogP contribution in [0, 0.1) is 0 Å². The number of carboxylic acids is 1. The third-order valence-corrected chi connectivity index (χ3v) is 10.1. The fourth-order valence-electron chi connectivity index (χ4n) is 5.55. The topological polar surface area (TPSA) is 71.5 Å². The molecule has 0 aliphatic carbocycles. The van der Waals surface area contributed by atoms with Gasteiger partial charge in [-0.05, 0) is 46.0 Å². The van der Waals surface area contributed by atoms with Crippen LogP contribution < -0.4 is 14.6 Å². The molecular weight excluding hydrogens is 587 g/mol. The van der Waals surface area contributed by atoms with Gasteiger partial charge in [-0.3, -0.25) is 0 Å². The number of rotatable bonds is 9. The van der Waals surface area contributed by atoms with Gasteiger partial charge in [-0.1, -0.05) is 110 Å². The number of thioether (sulfide) groups is 1. The first-order valence-electron chi connectivity index (χ1n) is 14.5. The van der Waals surface area contributed by atoms with Crippen molar-refractivity contribution in [3.05, 3.63) is 126 Å². The van der Waals surface area contributed by atoms with Crippen molar-refractivity contribution in [2.24, 2.45) is 0 Å². The molecule has 7 heteroatoms. The van der Waals surface area contributed by atoms with E-state index in [0.29, 0.717) is 11.5 Å². The Morgan fingerprint density at radius 3 is 2.36 bits per heavy atom. The van der Waals surface area contributed by atoms with Gasteiger partial charge in [0.25, 0.3) is 0 Å². The zero-order chi connectivity index (χ0) is 30.0. The van der Waals surface area contributed by atoms with Gasteiger partial charge < -0.3 is 19.4 Å². The van der Waals surface area contributed by atoms with Crippen LogP contribution >= 0.6 is 23.1 Å². The van der Waals surface area contributed by atoms with E-state index in [9.17, 15) is 9.90 Å². The average molecular weight is 615 g/mol. The van der Waals surface area contributed by atoms with Crippen LogP contribution in [0.25, 0.3) is 43.7 Å². The number of thiazole rings is 1. The molecule has 6 aromatic rings. The molecule has 0 radical (unpaired) electrons. The first kappa shape index (κ1) is 28.2. The minimum atomic E-state index is -1.25. The van der Waals surface area contributed by atoms with E-state index in [1.807, 2.05) is 36.4 Å². The van der Waals surface area contributed by atoms with Gasteiger partial charge in [-0.25, -0.2) is 4.98 Å². The molecule has 5 aromatic carbocycles. The smallest absolute Gasteiger partial charge is 0.181 e. The molecule has 0 fully saturated rings. The van der Waals surface area contributed by atoms with Crippen molar-refractivity contribution in [3.63, 3.8) is 0 Å². The molecule has 1 aromatic heterocycles. The second kappa shape index (κ2) is 12.2. The van der Waals surface area contributed by atoms with Crippen molar-refractivity contribution in [2.75, 3.05) is 0 Å². The summed E-state index contributed by atoms with van der Waals surface area (Å²) in [6, 6.07) is 39.0. The molecule has 218 valence electrons. The predicted molar refractivity (Wildman–Crippen MR) is 177 cm³/mol. The molecule has 0 amide bonds. The van der Waals surface area contributed by atoms with Crippen molar-refractivity contribution in [3.8, 4) is 44.5 Å². The van der Waals surface area contributed by atoms with E-state index in [2.05, 4.69) is 72.8 Å². The highest BCUT2D eigenvalue weighted by molar-refractivity contribution is 7.98. The number of carbonyl (C=O) groups is 1. The molecule has 0 saturated heterocycles. The standard InChI is InChI=1S/C37H29NO4S2/c1-2-30(36(39)40)41-31-21-11-20-29-32-34(37(42-33(29)31)43-22-23-12-4-3-5-13-23)44-35(38-32)28-18-9-8-17-27(28)26-19-10-15-24-14-6-7-16-25(24)26/h3-21,30,37H,2,22H2,1H3,(H,39,40)/p-1. The molecule has 0 N–H and O–H groups in total. The Hall–Kier alpha value is -4.59. The molecule has 7 rings (SSSR count). The number of nitrogens with zero attached hydrogens (tertiary/aromatic N) is 1. The SMILES string of the molecule is CCC(Oc1cccc2c1OC(SCc1ccccc1)c1sc(-c3ccccc3-c3cccc4ccccc34)nc1-2)C(=O)[O-]. The molecule has 1 aliphatic heterocycles. The fourth-order valence-corrected chi connectivity index (χ4v) is 7.89. The zero-order valence-electron chi connectivity index (χ0n) is 23.9. The number of hydrogen-bond donors (Lipinski definition) is 0. The van der Waals surface area contributed by atoms with E-state index in [1.165, 1.54) is 16.3 Å². The summed E-state index contributed by atoms with van der Waals surface area (Å²) in [7, 11) is 0. The van der Waals surface area contributed by atoms with Gasteiger partial charge in [0.2, 0.25) is 0 Å². The molecule has 0 bridgehead atoms. The van der Waals surface area contributed by atoms with Crippen molar-refractivity contribution in [2.45, 2.75) is 30.6 Å². The maximum atomic E-state index is 11.7. The van der Waals surface area contributed by atoms with Crippen LogP contribution in [0.2, 0.25) is 0 Å². The average Bonchev–Trinajstić information content (AvgIpc) is 3.52. The van der Waals surface area contributed by atoms with Crippen LogP contribution in [0.4, 0.5) is 0 Å². The molecule has 1 aliphatic rings. The summed E-state index contributed by atoms with van der Waals surface area (Å²) in [5.74, 6) is 0.363. The normalized spacial score (nSPS) is 14.3. The number of hydrogen-bond acceptors (Lipinski definition) is 7. The summed E-state index contributed by atoms with van der Waals surface area (Å²) >= 11 is 3.31. The number of para-hydroxylation sites is 1. The fraction of sp³-hybridized carbons (Fsp3) is 0.135. The highest BCUT2D eigenvalue weighted by atomic mass is 32.2. The Balaban J connectivity index is 1.35. The van der Waals surface area contributed by atoms with Crippen molar-refractivity contribution in [1.29, 1.82) is 0 Å². The second-order valence-electron chi connectivity index (χ2n) is 10.5. The lowest BCUT2D eigenvalue weighted by molar-refractivity contribution is -0.313. The second-order valence-corrected chi connectivity index (χ2v) is 12.6. The van der Waals surface area contributed by atoms with E-state index in [0.717, 1.165) is 43.6 Å². The van der Waals surface area contributed by atoms with Crippen LogP contribution in [0.3, 0.4) is 0 Å². The monoisotopic (exact) mass is 614 g/mol. The van der Waals surface area contributed by atoms with Crippen molar-refractivity contribution >= 4 is 39.8 Å². The summed E-state index contributed by atoms with van der Waals surface area (Å²) in [5, 5.41) is 15.0. The number of aromatic nitrogens is 1. The summed E-state index contributed by atoms with van der Waals surface area (Å²) in [6.45, 7) is 1.76. The largest absolute Gasteiger partial charge is 0.546 e. The van der Waals surface area contributed by atoms with Crippen LogP contribution in [-0.4, -0.2) is 17.1 Å². The molecule has 44 heavy (non-hydrogen) atoms. The highest BCUT2D eigenvalue weighted by Crippen LogP contribution is 2.54. The van der Waals surface area contributed by atoms with Gasteiger partial charge in [-0.15, -0.1) is 23.1 Å². The van der Waals surface area contributed by atoms with Crippen LogP contribution in [-0.2, 0) is 10.5 Å². The highest BCUT2D eigenvalue weighted by Gasteiger charge is 2.34. The minimum absolute atomic E-state index is 0.273. The van der Waals surface area contributed by atoms with Crippen LogP contribution in [0.5, 0.6) is 11.5 Å². The molecule has 0 saturated carbocycles. The Labute approximate surface area is 264 Å². The van der Waals surface area contributed by atoms with E-state index in [1.54, 1.807) is 36.1 Å². The third kappa shape index (κ3) is 5.34. The van der Waals surface area contributed by atoms with E-state index in [-0.39, 0.29) is 11.9 Å². The number of carboxylic acid groups (broad SMARTS) is 1. The quantitative estimate of drug-likeness (QED) is 0.163. The molecule has 0 spiro atoms. The lowest BCUT2D eigenvalue weighted by Gasteiger charge is -2.28. The minimum Gasteiger partial charge on any atom is -0.546 e. The van der Waals surface area contributed by atoms with Gasteiger partial charge >= 0.3 is 0 Å². The summed E-state index contributed by atoms with van der Waals surface area (Å²) in [6.07, 6.45) is -0.810. The Morgan fingerprint density at radius 2 is 1.55 bits per heavy atom. The summed E-state index contributed by atoms with van der Waals surface area (Å²) < 4.78 is 12.6. The van der Waals surface area contributed by atoms with E-state index in [4.69, 9.17) is 14.5 Å². The van der Waals surface area contributed by atoms with Crippen molar-refractivity contribution in [1.82, 2.24) is 4.98 Å². The number of aliphatic carboxylic acids is 1. The van der Waals surface area contributed by atoms with Gasteiger partial charge in [0.1, 0.15) is 11.1 Å². The molecule has 2 unspecified atom stereocenters. The Kier molecular flexibility index (Phi) is 7.81. The van der Waals surface area contributed by atoms with Crippen LogP contribution in [0.15, 0.2) is 115 Å². The zero-order valence-corrected chi connectivity index (χ0v) is 25.6. The number of carbonyl (C=O) groups excluding carboxylic acids is 1. The van der Waals surface area contributed by atoms with Crippen molar-refractivity contribution < 1.29 is 19.4 Å². The summed E-state index contributed by atoms with van der Waals surface area (Å²) in [4.78, 5) is 18.0. The van der Waals surface area contributed by atoms with Gasteiger partial charge in [0.15, 0.2) is 16.9 Å². The Morgan fingerprint density at radius 1 is 0.864 bits per heavy atom. The van der Waals surface area contributed by atoms with Gasteiger partial charge in [0, 0.05) is 16.9 Å². The lowest BCUT2D eigenvalue weighted by Crippen LogP contribution is -2.39. The maximum absolute atomic E-state index is 11.7. The maximum Gasteiger partial charge on any atom is 0.181 e. The first-order chi connectivity index (χ1) is 21.6. The van der Waals surface area contributed by atoms with E-state index < -0.39 is 12.1 Å². The lowest BCUT2D eigenvalue weighted by atomic mass is 9.95. The van der Waals surface area contributed by atoms with Gasteiger partial charge in [-0.2, -0.15) is 0 Å². The predicted octanol–water partition coefficient (Wildman–Crippen LogP) is 8.53. The van der Waals surface area contributed by atoms with Crippen LogP contribution in [0.1, 0.15) is 29.2 Å². The molecule has 5 nitrogen and oxygen atoms in total. The molecule has 2 atom stereocenters. The molecule has 2 heterocycles. The number of ether oxygens (including phenoxy) is 2.